The van der Waals surface area contributed by atoms with Crippen LogP contribution in [0.25, 0.3) is 5.69 Å². The molecule has 2 rings (SSSR count). The Kier molecular flexibility index (Phi) is 5.89. The molecular weight excluding hydrogens is 298 g/mol. The lowest BCUT2D eigenvalue weighted by Gasteiger charge is -2.13. The summed E-state index contributed by atoms with van der Waals surface area (Å²) in [5, 5.41) is 3.51. The van der Waals surface area contributed by atoms with Gasteiger partial charge < -0.3 is 10.1 Å². The van der Waals surface area contributed by atoms with Gasteiger partial charge in [-0.2, -0.15) is 0 Å². The number of carbonyl (C=O) groups is 1. The third-order valence-electron chi connectivity index (χ3n) is 3.16. The van der Waals surface area contributed by atoms with E-state index in [0.29, 0.717) is 6.54 Å². The highest BCUT2D eigenvalue weighted by Crippen LogP contribution is 2.25. The molecule has 1 heterocycles. The van der Waals surface area contributed by atoms with Gasteiger partial charge in [-0.3, -0.25) is 9.36 Å². The van der Waals surface area contributed by atoms with Crippen molar-refractivity contribution >= 4 is 17.7 Å². The second-order valence-corrected chi connectivity index (χ2v) is 6.14. The van der Waals surface area contributed by atoms with E-state index < -0.39 is 0 Å². The lowest BCUT2D eigenvalue weighted by atomic mass is 10.3. The number of imidazole rings is 1. The van der Waals surface area contributed by atoms with Crippen molar-refractivity contribution in [1.29, 1.82) is 0 Å². The van der Waals surface area contributed by atoms with Gasteiger partial charge in [-0.05, 0) is 37.6 Å². The van der Waals surface area contributed by atoms with Crippen molar-refractivity contribution in [2.45, 2.75) is 30.7 Å². The molecule has 2 aromatic rings. The van der Waals surface area contributed by atoms with Crippen LogP contribution in [0.1, 0.15) is 20.3 Å². The number of rotatable bonds is 7. The van der Waals surface area contributed by atoms with Crippen LogP contribution in [0.3, 0.4) is 0 Å². The van der Waals surface area contributed by atoms with Gasteiger partial charge in [0.2, 0.25) is 5.91 Å². The first-order valence-electron chi connectivity index (χ1n) is 7.27. The van der Waals surface area contributed by atoms with Crippen molar-refractivity contribution in [3.05, 3.63) is 36.7 Å². The van der Waals surface area contributed by atoms with Crippen LogP contribution >= 0.6 is 11.8 Å². The number of nitrogens with zero attached hydrogens (tertiary/aromatic N) is 2. The summed E-state index contributed by atoms with van der Waals surface area (Å²) in [6, 6.07) is 7.74. The zero-order chi connectivity index (χ0) is 15.9. The maximum Gasteiger partial charge on any atom is 0.233 e. The van der Waals surface area contributed by atoms with E-state index in [1.807, 2.05) is 48.9 Å². The fourth-order valence-corrected chi connectivity index (χ4v) is 2.83. The summed E-state index contributed by atoms with van der Waals surface area (Å²) in [6.45, 7) is 4.63. The van der Waals surface area contributed by atoms with E-state index in [2.05, 4.69) is 10.3 Å². The number of amides is 1. The molecule has 0 radical (unpaired) electrons. The Morgan fingerprint density at radius 2 is 2.14 bits per heavy atom. The topological polar surface area (TPSA) is 56.2 Å². The normalized spacial score (nSPS) is 12.0. The van der Waals surface area contributed by atoms with Crippen LogP contribution < -0.4 is 10.1 Å². The molecule has 6 heteroatoms. The predicted octanol–water partition coefficient (Wildman–Crippen LogP) is 2.89. The fourth-order valence-electron chi connectivity index (χ4n) is 1.92. The van der Waals surface area contributed by atoms with Crippen LogP contribution in [0.4, 0.5) is 0 Å². The minimum absolute atomic E-state index is 0.0381. The molecule has 1 atom stereocenters. The van der Waals surface area contributed by atoms with Gasteiger partial charge >= 0.3 is 0 Å². The third-order valence-corrected chi connectivity index (χ3v) is 4.24. The van der Waals surface area contributed by atoms with Crippen molar-refractivity contribution in [1.82, 2.24) is 14.9 Å². The van der Waals surface area contributed by atoms with Crippen LogP contribution in [0.15, 0.2) is 41.8 Å². The van der Waals surface area contributed by atoms with Gasteiger partial charge in [0.1, 0.15) is 5.75 Å². The monoisotopic (exact) mass is 319 g/mol. The van der Waals surface area contributed by atoms with Gasteiger partial charge in [0.25, 0.3) is 0 Å². The molecule has 0 aliphatic rings. The molecule has 5 nitrogen and oxygen atoms in total. The Morgan fingerprint density at radius 3 is 2.77 bits per heavy atom. The average molecular weight is 319 g/mol. The van der Waals surface area contributed by atoms with Crippen molar-refractivity contribution in [3.63, 3.8) is 0 Å². The number of ether oxygens (including phenoxy) is 1. The van der Waals surface area contributed by atoms with Crippen LogP contribution in [0, 0.1) is 0 Å². The van der Waals surface area contributed by atoms with E-state index in [1.54, 1.807) is 13.3 Å². The van der Waals surface area contributed by atoms with Crippen molar-refractivity contribution < 1.29 is 9.53 Å². The second-order valence-electron chi connectivity index (χ2n) is 4.83. The molecule has 118 valence electrons. The molecule has 1 amide bonds. The summed E-state index contributed by atoms with van der Waals surface area (Å²) in [6.07, 6.45) is 4.56. The summed E-state index contributed by atoms with van der Waals surface area (Å²) >= 11 is 1.45. The molecule has 0 spiro atoms. The zero-order valence-corrected chi connectivity index (χ0v) is 13.9. The van der Waals surface area contributed by atoms with Crippen molar-refractivity contribution in [2.24, 2.45) is 0 Å². The Hall–Kier alpha value is -1.95. The fraction of sp³-hybridized carbons (Fsp3) is 0.375. The lowest BCUT2D eigenvalue weighted by molar-refractivity contribution is -0.120. The first kappa shape index (κ1) is 16.4. The second kappa shape index (κ2) is 7.89. The molecule has 22 heavy (non-hydrogen) atoms. The summed E-state index contributed by atoms with van der Waals surface area (Å²) in [5.74, 6) is 0.849. The van der Waals surface area contributed by atoms with Crippen LogP contribution in [0.2, 0.25) is 0 Å². The molecule has 0 unspecified atom stereocenters. The Labute approximate surface area is 135 Å². The number of carbonyl (C=O) groups excluding carboxylic acids is 1. The highest BCUT2D eigenvalue weighted by molar-refractivity contribution is 8.00. The molecule has 1 N–H and O–H groups in total. The van der Waals surface area contributed by atoms with E-state index in [4.69, 9.17) is 4.74 Å². The van der Waals surface area contributed by atoms with Gasteiger partial charge in [-0.1, -0.05) is 18.7 Å². The predicted molar refractivity (Wildman–Crippen MR) is 88.7 cm³/mol. The van der Waals surface area contributed by atoms with Crippen LogP contribution in [0.5, 0.6) is 5.75 Å². The Balaban J connectivity index is 2.10. The summed E-state index contributed by atoms with van der Waals surface area (Å²) in [7, 11) is 1.64. The van der Waals surface area contributed by atoms with Crippen LogP contribution in [-0.2, 0) is 4.79 Å². The number of nitrogens with one attached hydrogen (secondary N) is 1. The molecule has 1 aromatic heterocycles. The highest BCUT2D eigenvalue weighted by Gasteiger charge is 2.17. The maximum atomic E-state index is 12.0. The van der Waals surface area contributed by atoms with E-state index in [-0.39, 0.29) is 11.2 Å². The Bertz CT molecular complexity index is 610. The van der Waals surface area contributed by atoms with Gasteiger partial charge in [0.05, 0.1) is 12.4 Å². The molecule has 0 saturated heterocycles. The van der Waals surface area contributed by atoms with Crippen molar-refractivity contribution in [2.75, 3.05) is 13.7 Å². The number of methoxy groups -OCH3 is 1. The SMILES string of the molecule is CCCNC(=O)[C@H](C)Sc1nccn1-c1ccc(OC)cc1. The standard InChI is InChI=1S/C16H21N3O2S/c1-4-9-17-15(20)12(2)22-16-18-10-11-19(16)13-5-7-14(21-3)8-6-13/h5-8,10-12H,4,9H2,1-3H3,(H,17,20)/t12-/m0/s1. The maximum absolute atomic E-state index is 12.0. The van der Waals surface area contributed by atoms with Gasteiger partial charge in [-0.25, -0.2) is 4.98 Å². The molecule has 0 bridgehead atoms. The molecule has 0 saturated carbocycles. The lowest BCUT2D eigenvalue weighted by Crippen LogP contribution is -2.31. The summed E-state index contributed by atoms with van der Waals surface area (Å²) < 4.78 is 7.13. The summed E-state index contributed by atoms with van der Waals surface area (Å²) in [5.41, 5.74) is 0.988. The molecular formula is C16H21N3O2S. The molecule has 0 fully saturated rings. The summed E-state index contributed by atoms with van der Waals surface area (Å²) in [4.78, 5) is 16.3. The smallest absolute Gasteiger partial charge is 0.233 e. The minimum Gasteiger partial charge on any atom is -0.497 e. The molecule has 1 aromatic carbocycles. The number of aromatic nitrogens is 2. The van der Waals surface area contributed by atoms with Crippen molar-refractivity contribution in [3.8, 4) is 11.4 Å². The molecule has 0 aliphatic carbocycles. The number of benzene rings is 1. The first-order chi connectivity index (χ1) is 10.7. The van der Waals surface area contributed by atoms with Crippen LogP contribution in [-0.4, -0.2) is 34.4 Å². The first-order valence-corrected chi connectivity index (χ1v) is 8.15. The highest BCUT2D eigenvalue weighted by atomic mass is 32.2. The van der Waals surface area contributed by atoms with E-state index >= 15 is 0 Å². The zero-order valence-electron chi connectivity index (χ0n) is 13.1. The quantitative estimate of drug-likeness (QED) is 0.797. The van der Waals surface area contributed by atoms with Gasteiger partial charge in [0, 0.05) is 24.6 Å². The number of hydrogen-bond donors (Lipinski definition) is 1. The van der Waals surface area contributed by atoms with Gasteiger partial charge in [-0.15, -0.1) is 0 Å². The largest absolute Gasteiger partial charge is 0.497 e. The van der Waals surface area contributed by atoms with E-state index in [1.165, 1.54) is 11.8 Å². The number of thioether (sulfide) groups is 1. The van der Waals surface area contributed by atoms with Gasteiger partial charge in [0.15, 0.2) is 5.16 Å². The number of hydrogen-bond acceptors (Lipinski definition) is 4. The third kappa shape index (κ3) is 4.04. The average Bonchev–Trinajstić information content (AvgIpc) is 3.00. The van der Waals surface area contributed by atoms with E-state index in [0.717, 1.165) is 23.0 Å². The van der Waals surface area contributed by atoms with E-state index in [9.17, 15) is 4.79 Å². The Morgan fingerprint density at radius 1 is 1.41 bits per heavy atom. The molecule has 0 aliphatic heterocycles. The minimum atomic E-state index is -0.189.